The standard InChI is InChI=1S/C23H24N8O/c1-23(2,3)31-18-9-8-13(14-11-26-21(24)27-12-14)10-17(18)28-20(31)16-7-5-4-6-15(16)19-29-22(25)32-30-19/h4-12,19,30H,1-3H3,(H2,25,29)(H2,24,26,27). The minimum absolute atomic E-state index is 0.115. The molecule has 0 saturated carbocycles. The molecule has 9 heteroatoms. The van der Waals surface area contributed by atoms with Gasteiger partial charge in [-0.1, -0.05) is 30.3 Å². The Balaban J connectivity index is 1.71. The van der Waals surface area contributed by atoms with Crippen LogP contribution in [0.15, 0.2) is 59.9 Å². The van der Waals surface area contributed by atoms with E-state index in [1.54, 1.807) is 12.4 Å². The quantitative estimate of drug-likeness (QED) is 0.456. The van der Waals surface area contributed by atoms with Crippen LogP contribution in [0.1, 0.15) is 32.5 Å². The fraction of sp³-hybridized carbons (Fsp3) is 0.217. The molecular weight excluding hydrogens is 404 g/mol. The van der Waals surface area contributed by atoms with Gasteiger partial charge in [0, 0.05) is 34.6 Å². The summed E-state index contributed by atoms with van der Waals surface area (Å²) >= 11 is 0. The SMILES string of the molecule is CC(C)(C)n1c(-c2ccccc2C2N=C(N)ON2)nc2cc(-c3cnc(N)nc3)ccc21. The van der Waals surface area contributed by atoms with Crippen LogP contribution in [-0.4, -0.2) is 25.5 Å². The molecule has 1 aliphatic heterocycles. The van der Waals surface area contributed by atoms with E-state index in [4.69, 9.17) is 21.3 Å². The van der Waals surface area contributed by atoms with Crippen molar-refractivity contribution in [3.63, 3.8) is 0 Å². The maximum absolute atomic E-state index is 5.72. The van der Waals surface area contributed by atoms with Crippen LogP contribution in [0.4, 0.5) is 5.95 Å². The highest BCUT2D eigenvalue weighted by Crippen LogP contribution is 2.36. The van der Waals surface area contributed by atoms with E-state index in [1.165, 1.54) is 0 Å². The summed E-state index contributed by atoms with van der Waals surface area (Å²) < 4.78 is 2.24. The molecule has 0 aliphatic carbocycles. The van der Waals surface area contributed by atoms with Crippen LogP contribution in [0.2, 0.25) is 0 Å². The third kappa shape index (κ3) is 3.42. The Morgan fingerprint density at radius 2 is 1.75 bits per heavy atom. The van der Waals surface area contributed by atoms with E-state index in [0.717, 1.165) is 39.1 Å². The molecule has 1 unspecified atom stereocenters. The molecule has 0 bridgehead atoms. The topological polar surface area (TPSA) is 129 Å². The van der Waals surface area contributed by atoms with Crippen molar-refractivity contribution < 1.29 is 4.84 Å². The number of fused-ring (bicyclic) bond motifs is 1. The van der Waals surface area contributed by atoms with E-state index in [1.807, 2.05) is 36.4 Å². The van der Waals surface area contributed by atoms with Gasteiger partial charge in [0.1, 0.15) is 5.82 Å². The third-order valence-corrected chi connectivity index (χ3v) is 5.36. The molecular formula is C23H24N8O. The first kappa shape index (κ1) is 20.0. The lowest BCUT2D eigenvalue weighted by molar-refractivity contribution is 0.177. The molecule has 0 amide bonds. The summed E-state index contributed by atoms with van der Waals surface area (Å²) in [7, 11) is 0. The lowest BCUT2D eigenvalue weighted by Gasteiger charge is -2.25. The average molecular weight is 429 g/mol. The Labute approximate surface area is 185 Å². The van der Waals surface area contributed by atoms with Gasteiger partial charge >= 0.3 is 6.02 Å². The Bertz CT molecular complexity index is 1330. The molecule has 5 N–H and O–H groups in total. The number of rotatable bonds is 3. The summed E-state index contributed by atoms with van der Waals surface area (Å²) in [5, 5.41) is 0. The molecule has 3 heterocycles. The minimum atomic E-state index is -0.401. The molecule has 1 atom stereocenters. The van der Waals surface area contributed by atoms with Gasteiger partial charge < -0.3 is 20.9 Å². The highest BCUT2D eigenvalue weighted by Gasteiger charge is 2.27. The molecule has 0 spiro atoms. The van der Waals surface area contributed by atoms with Crippen molar-refractivity contribution in [1.29, 1.82) is 0 Å². The number of anilines is 1. The largest absolute Gasteiger partial charge is 0.369 e. The molecule has 162 valence electrons. The van der Waals surface area contributed by atoms with E-state index in [2.05, 4.69) is 51.8 Å². The Hall–Kier alpha value is -3.98. The number of hydroxylamine groups is 1. The fourth-order valence-corrected chi connectivity index (χ4v) is 3.97. The van der Waals surface area contributed by atoms with Gasteiger partial charge in [-0.3, -0.25) is 0 Å². The first-order valence-corrected chi connectivity index (χ1v) is 10.3. The number of nitrogen functional groups attached to an aromatic ring is 1. The van der Waals surface area contributed by atoms with Crippen molar-refractivity contribution in [2.75, 3.05) is 5.73 Å². The fourth-order valence-electron chi connectivity index (χ4n) is 3.97. The summed E-state index contributed by atoms with van der Waals surface area (Å²) in [6, 6.07) is 14.3. The first-order chi connectivity index (χ1) is 15.3. The van der Waals surface area contributed by atoms with Crippen molar-refractivity contribution in [2.45, 2.75) is 32.5 Å². The molecule has 1 aliphatic rings. The van der Waals surface area contributed by atoms with Gasteiger partial charge in [0.05, 0.1) is 11.0 Å². The highest BCUT2D eigenvalue weighted by molar-refractivity contribution is 5.86. The number of aliphatic imine (C=N–C) groups is 1. The summed E-state index contributed by atoms with van der Waals surface area (Å²) in [5.74, 6) is 1.09. The summed E-state index contributed by atoms with van der Waals surface area (Å²) in [6.07, 6.45) is 3.03. The Morgan fingerprint density at radius 3 is 2.44 bits per heavy atom. The van der Waals surface area contributed by atoms with Crippen LogP contribution in [0.5, 0.6) is 0 Å². The molecule has 4 aromatic rings. The Kier molecular flexibility index (Phi) is 4.56. The van der Waals surface area contributed by atoms with Crippen LogP contribution < -0.4 is 16.9 Å². The maximum Gasteiger partial charge on any atom is 0.304 e. The zero-order valence-corrected chi connectivity index (χ0v) is 18.1. The van der Waals surface area contributed by atoms with Gasteiger partial charge in [0.15, 0.2) is 6.17 Å². The number of imidazole rings is 1. The molecule has 0 radical (unpaired) electrons. The van der Waals surface area contributed by atoms with E-state index in [0.29, 0.717) is 0 Å². The first-order valence-electron chi connectivity index (χ1n) is 10.3. The van der Waals surface area contributed by atoms with Crippen molar-refractivity contribution in [1.82, 2.24) is 25.0 Å². The smallest absolute Gasteiger partial charge is 0.304 e. The predicted molar refractivity (Wildman–Crippen MR) is 124 cm³/mol. The second-order valence-electron chi connectivity index (χ2n) is 8.65. The Morgan fingerprint density at radius 1 is 1.00 bits per heavy atom. The summed E-state index contributed by atoms with van der Waals surface area (Å²) in [5.41, 5.74) is 19.6. The van der Waals surface area contributed by atoms with Gasteiger partial charge in [0.2, 0.25) is 5.95 Å². The van der Waals surface area contributed by atoms with Crippen LogP contribution in [-0.2, 0) is 10.4 Å². The maximum atomic E-state index is 5.72. The van der Waals surface area contributed by atoms with Gasteiger partial charge in [-0.05, 0) is 38.5 Å². The van der Waals surface area contributed by atoms with Crippen LogP contribution in [0.3, 0.4) is 0 Å². The molecule has 32 heavy (non-hydrogen) atoms. The van der Waals surface area contributed by atoms with Gasteiger partial charge in [-0.15, -0.1) is 5.48 Å². The van der Waals surface area contributed by atoms with E-state index in [-0.39, 0.29) is 17.5 Å². The van der Waals surface area contributed by atoms with Crippen LogP contribution in [0.25, 0.3) is 33.5 Å². The van der Waals surface area contributed by atoms with Crippen molar-refractivity contribution in [3.05, 3.63) is 60.4 Å². The average Bonchev–Trinajstić information content (AvgIpc) is 3.37. The number of benzene rings is 2. The lowest BCUT2D eigenvalue weighted by atomic mass is 10.0. The summed E-state index contributed by atoms with van der Waals surface area (Å²) in [4.78, 5) is 22.8. The molecule has 0 fully saturated rings. The number of nitrogens with zero attached hydrogens (tertiary/aromatic N) is 5. The third-order valence-electron chi connectivity index (χ3n) is 5.36. The monoisotopic (exact) mass is 428 g/mol. The lowest BCUT2D eigenvalue weighted by Crippen LogP contribution is -2.23. The van der Waals surface area contributed by atoms with E-state index >= 15 is 0 Å². The number of amidine groups is 1. The van der Waals surface area contributed by atoms with E-state index < -0.39 is 6.17 Å². The summed E-state index contributed by atoms with van der Waals surface area (Å²) in [6.45, 7) is 6.49. The molecule has 0 saturated heterocycles. The molecule has 2 aromatic carbocycles. The molecule has 2 aromatic heterocycles. The highest BCUT2D eigenvalue weighted by atomic mass is 16.7. The van der Waals surface area contributed by atoms with Crippen molar-refractivity contribution in [2.24, 2.45) is 10.7 Å². The van der Waals surface area contributed by atoms with Gasteiger partial charge in [0.25, 0.3) is 0 Å². The van der Waals surface area contributed by atoms with Crippen LogP contribution in [0, 0.1) is 0 Å². The normalized spacial score (nSPS) is 16.2. The minimum Gasteiger partial charge on any atom is -0.369 e. The van der Waals surface area contributed by atoms with Crippen molar-refractivity contribution >= 4 is 23.0 Å². The predicted octanol–water partition coefficient (Wildman–Crippen LogP) is 3.35. The van der Waals surface area contributed by atoms with Crippen LogP contribution >= 0.6 is 0 Å². The number of hydrogen-bond donors (Lipinski definition) is 3. The van der Waals surface area contributed by atoms with E-state index in [9.17, 15) is 0 Å². The van der Waals surface area contributed by atoms with Gasteiger partial charge in [-0.25, -0.2) is 19.9 Å². The van der Waals surface area contributed by atoms with Crippen molar-refractivity contribution in [3.8, 4) is 22.5 Å². The molecule has 9 nitrogen and oxygen atoms in total. The second kappa shape index (κ2) is 7.31. The number of hydrogen-bond acceptors (Lipinski definition) is 8. The number of nitrogens with one attached hydrogen (secondary N) is 1. The zero-order valence-electron chi connectivity index (χ0n) is 18.1. The molecule has 5 rings (SSSR count). The second-order valence-corrected chi connectivity index (χ2v) is 8.65. The van der Waals surface area contributed by atoms with Gasteiger partial charge in [-0.2, -0.15) is 0 Å². The number of nitrogens with two attached hydrogens (primary N) is 2. The zero-order chi connectivity index (χ0) is 22.5. The number of aromatic nitrogens is 4.